The van der Waals surface area contributed by atoms with Gasteiger partial charge in [0.15, 0.2) is 17.3 Å². The van der Waals surface area contributed by atoms with E-state index < -0.39 is 0 Å². The van der Waals surface area contributed by atoms with Crippen molar-refractivity contribution in [3.05, 3.63) is 59.9 Å². The Balaban J connectivity index is 1.59. The molecule has 0 unspecified atom stereocenters. The smallest absolute Gasteiger partial charge is 0.287 e. The lowest BCUT2D eigenvalue weighted by Crippen LogP contribution is -2.31. The third-order valence-corrected chi connectivity index (χ3v) is 4.73. The molecule has 1 N–H and O–H groups in total. The second-order valence-corrected chi connectivity index (χ2v) is 7.10. The number of carbonyl (C=O) groups is 1. The molecule has 0 fully saturated rings. The van der Waals surface area contributed by atoms with Crippen LogP contribution in [0.3, 0.4) is 0 Å². The summed E-state index contributed by atoms with van der Waals surface area (Å²) in [4.78, 5) is 12.8. The van der Waals surface area contributed by atoms with E-state index in [4.69, 9.17) is 13.9 Å². The van der Waals surface area contributed by atoms with Crippen LogP contribution in [0.2, 0.25) is 0 Å². The Morgan fingerprint density at radius 3 is 2.56 bits per heavy atom. The Morgan fingerprint density at radius 1 is 1.00 bits per heavy atom. The van der Waals surface area contributed by atoms with Gasteiger partial charge in [-0.05, 0) is 35.7 Å². The molecule has 1 aliphatic heterocycles. The minimum atomic E-state index is -0.225. The average Bonchev–Trinajstić information content (AvgIpc) is 2.97. The lowest BCUT2D eigenvalue weighted by atomic mass is 9.95. The maximum absolute atomic E-state index is 12.8. The van der Waals surface area contributed by atoms with Crippen molar-refractivity contribution in [1.82, 2.24) is 5.32 Å². The molecule has 4 rings (SSSR count). The predicted octanol–water partition coefficient (Wildman–Crippen LogP) is 4.72. The van der Waals surface area contributed by atoms with Crippen LogP contribution in [-0.4, -0.2) is 19.1 Å². The number of ether oxygens (including phenoxy) is 2. The quantitative estimate of drug-likeness (QED) is 0.727. The highest BCUT2D eigenvalue weighted by Crippen LogP contribution is 2.34. The molecule has 0 saturated carbocycles. The van der Waals surface area contributed by atoms with Gasteiger partial charge in [0, 0.05) is 11.8 Å². The summed E-state index contributed by atoms with van der Waals surface area (Å²) < 4.78 is 17.2. The highest BCUT2D eigenvalue weighted by atomic mass is 16.5. The van der Waals surface area contributed by atoms with Crippen molar-refractivity contribution in [3.8, 4) is 11.5 Å². The minimum absolute atomic E-state index is 0.164. The molecule has 1 atom stereocenters. The summed E-state index contributed by atoms with van der Waals surface area (Å²) in [6.45, 7) is 5.44. The van der Waals surface area contributed by atoms with Crippen molar-refractivity contribution in [2.75, 3.05) is 13.2 Å². The summed E-state index contributed by atoms with van der Waals surface area (Å²) in [6.07, 6.45) is 0.862. The monoisotopic (exact) mass is 365 g/mol. The highest BCUT2D eigenvalue weighted by Gasteiger charge is 2.23. The van der Waals surface area contributed by atoms with E-state index >= 15 is 0 Å². The first-order valence-electron chi connectivity index (χ1n) is 9.31. The molecule has 0 radical (unpaired) electrons. The molecule has 5 nitrogen and oxygen atoms in total. The van der Waals surface area contributed by atoms with Crippen molar-refractivity contribution in [3.63, 3.8) is 0 Å². The Kier molecular flexibility index (Phi) is 4.75. The van der Waals surface area contributed by atoms with Gasteiger partial charge >= 0.3 is 0 Å². The SMILES string of the molecule is CC(C)[C@H](NC(=O)c1cc2ccccc2o1)c1ccc2c(c1)OCCCO2. The number of hydrogen-bond acceptors (Lipinski definition) is 4. The molecule has 140 valence electrons. The zero-order chi connectivity index (χ0) is 18.8. The fourth-order valence-corrected chi connectivity index (χ4v) is 3.31. The number of fused-ring (bicyclic) bond motifs is 2. The zero-order valence-corrected chi connectivity index (χ0v) is 15.5. The summed E-state index contributed by atoms with van der Waals surface area (Å²) in [7, 11) is 0. The van der Waals surface area contributed by atoms with Crippen molar-refractivity contribution in [2.24, 2.45) is 5.92 Å². The largest absolute Gasteiger partial charge is 0.490 e. The number of nitrogens with one attached hydrogen (secondary N) is 1. The van der Waals surface area contributed by atoms with E-state index in [9.17, 15) is 4.79 Å². The Labute approximate surface area is 158 Å². The molecule has 2 aromatic carbocycles. The van der Waals surface area contributed by atoms with E-state index in [-0.39, 0.29) is 17.9 Å². The number of amides is 1. The molecular weight excluding hydrogens is 342 g/mol. The van der Waals surface area contributed by atoms with Gasteiger partial charge in [-0.1, -0.05) is 38.1 Å². The molecular formula is C22H23NO4. The third kappa shape index (κ3) is 3.63. The highest BCUT2D eigenvalue weighted by molar-refractivity contribution is 5.96. The Hall–Kier alpha value is -2.95. The van der Waals surface area contributed by atoms with Crippen LogP contribution in [-0.2, 0) is 0 Å². The van der Waals surface area contributed by atoms with Gasteiger partial charge in [-0.3, -0.25) is 4.79 Å². The van der Waals surface area contributed by atoms with Gasteiger partial charge in [-0.25, -0.2) is 0 Å². The lowest BCUT2D eigenvalue weighted by molar-refractivity contribution is 0.0899. The van der Waals surface area contributed by atoms with E-state index in [1.54, 1.807) is 6.07 Å². The molecule has 0 aliphatic carbocycles. The predicted molar refractivity (Wildman–Crippen MR) is 103 cm³/mol. The summed E-state index contributed by atoms with van der Waals surface area (Å²) >= 11 is 0. The Morgan fingerprint density at radius 2 is 1.78 bits per heavy atom. The van der Waals surface area contributed by atoms with E-state index in [1.165, 1.54) is 0 Å². The van der Waals surface area contributed by atoms with Gasteiger partial charge in [0.2, 0.25) is 0 Å². The fraction of sp³-hybridized carbons (Fsp3) is 0.318. The molecule has 27 heavy (non-hydrogen) atoms. The van der Waals surface area contributed by atoms with Crippen LogP contribution >= 0.6 is 0 Å². The molecule has 3 aromatic rings. The van der Waals surface area contributed by atoms with Gasteiger partial charge in [0.1, 0.15) is 5.58 Å². The van der Waals surface area contributed by atoms with E-state index in [2.05, 4.69) is 19.2 Å². The fourth-order valence-electron chi connectivity index (χ4n) is 3.31. The topological polar surface area (TPSA) is 60.7 Å². The molecule has 1 aromatic heterocycles. The normalized spacial score (nSPS) is 14.8. The van der Waals surface area contributed by atoms with Crippen molar-refractivity contribution in [2.45, 2.75) is 26.3 Å². The molecule has 2 heterocycles. The van der Waals surface area contributed by atoms with Crippen LogP contribution in [0.25, 0.3) is 11.0 Å². The maximum atomic E-state index is 12.8. The maximum Gasteiger partial charge on any atom is 0.287 e. The van der Waals surface area contributed by atoms with Gasteiger partial charge in [-0.15, -0.1) is 0 Å². The number of benzene rings is 2. The van der Waals surface area contributed by atoms with Gasteiger partial charge in [0.05, 0.1) is 19.3 Å². The van der Waals surface area contributed by atoms with Crippen LogP contribution in [0.1, 0.15) is 42.4 Å². The standard InChI is InChI=1S/C22H23NO4/c1-14(2)21(16-8-9-18-19(13-16)26-11-5-10-25-18)23-22(24)20-12-15-6-3-4-7-17(15)27-20/h3-4,6-9,12-14,21H,5,10-11H2,1-2H3,(H,23,24)/t21-/m0/s1. The molecule has 1 amide bonds. The summed E-state index contributed by atoms with van der Waals surface area (Å²) in [6, 6.07) is 15.1. The lowest BCUT2D eigenvalue weighted by Gasteiger charge is -2.23. The van der Waals surface area contributed by atoms with E-state index in [0.717, 1.165) is 28.9 Å². The van der Waals surface area contributed by atoms with Gasteiger partial charge in [-0.2, -0.15) is 0 Å². The van der Waals surface area contributed by atoms with Crippen LogP contribution in [0.5, 0.6) is 11.5 Å². The van der Waals surface area contributed by atoms with E-state index in [0.29, 0.717) is 24.6 Å². The second-order valence-electron chi connectivity index (χ2n) is 7.10. The molecule has 0 spiro atoms. The summed E-state index contributed by atoms with van der Waals surface area (Å²) in [5.74, 6) is 1.77. The van der Waals surface area contributed by atoms with Crippen molar-refractivity contribution >= 4 is 16.9 Å². The van der Waals surface area contributed by atoms with Crippen molar-refractivity contribution < 1.29 is 18.7 Å². The van der Waals surface area contributed by atoms with Crippen LogP contribution in [0, 0.1) is 5.92 Å². The zero-order valence-electron chi connectivity index (χ0n) is 15.5. The molecule has 0 saturated heterocycles. The number of carbonyl (C=O) groups excluding carboxylic acids is 1. The Bertz CT molecular complexity index is 927. The number of hydrogen-bond donors (Lipinski definition) is 1. The first kappa shape index (κ1) is 17.5. The third-order valence-electron chi connectivity index (χ3n) is 4.73. The summed E-state index contributed by atoms with van der Waals surface area (Å²) in [5, 5.41) is 4.02. The average molecular weight is 365 g/mol. The molecule has 0 bridgehead atoms. The van der Waals surface area contributed by atoms with Gasteiger partial charge < -0.3 is 19.2 Å². The van der Waals surface area contributed by atoms with Crippen LogP contribution < -0.4 is 14.8 Å². The van der Waals surface area contributed by atoms with Crippen molar-refractivity contribution in [1.29, 1.82) is 0 Å². The van der Waals surface area contributed by atoms with E-state index in [1.807, 2.05) is 42.5 Å². The molecule has 1 aliphatic rings. The first-order chi connectivity index (χ1) is 13.1. The van der Waals surface area contributed by atoms with Crippen LogP contribution in [0.15, 0.2) is 52.9 Å². The minimum Gasteiger partial charge on any atom is -0.490 e. The molecule has 5 heteroatoms. The first-order valence-corrected chi connectivity index (χ1v) is 9.31. The van der Waals surface area contributed by atoms with Crippen LogP contribution in [0.4, 0.5) is 0 Å². The summed E-state index contributed by atoms with van der Waals surface area (Å²) in [5.41, 5.74) is 1.69. The number of para-hydroxylation sites is 1. The number of furan rings is 1. The second kappa shape index (κ2) is 7.35. The van der Waals surface area contributed by atoms with Gasteiger partial charge in [0.25, 0.3) is 5.91 Å². The number of rotatable bonds is 4.